The van der Waals surface area contributed by atoms with Crippen LogP contribution in [0.1, 0.15) is 31.9 Å². The molecular weight excluding hydrogens is 438 g/mol. The number of aliphatic imine (C=N–C) groups is 1. The van der Waals surface area contributed by atoms with Crippen molar-refractivity contribution in [2.75, 3.05) is 19.8 Å². The van der Waals surface area contributed by atoms with Gasteiger partial charge in [-0.05, 0) is 23.6 Å². The second-order valence-electron chi connectivity index (χ2n) is 8.28. The number of amides is 1. The molecule has 1 amide bonds. The second-order valence-corrected chi connectivity index (χ2v) is 9.20. The zero-order valence-corrected chi connectivity index (χ0v) is 18.1. The Hall–Kier alpha value is -2.45. The van der Waals surface area contributed by atoms with Crippen LogP contribution >= 0.6 is 15.9 Å². The van der Waals surface area contributed by atoms with Gasteiger partial charge in [0.2, 0.25) is 12.3 Å². The van der Waals surface area contributed by atoms with Gasteiger partial charge in [-0.1, -0.05) is 36.7 Å². The van der Waals surface area contributed by atoms with Crippen molar-refractivity contribution < 1.29 is 19.0 Å². The Labute approximate surface area is 177 Å². The maximum absolute atomic E-state index is 11.0. The van der Waals surface area contributed by atoms with Gasteiger partial charge in [0.25, 0.3) is 0 Å². The van der Waals surface area contributed by atoms with Crippen LogP contribution in [-0.2, 0) is 15.1 Å². The number of aromatic nitrogens is 1. The number of amidine groups is 1. The Balaban J connectivity index is 1.86. The van der Waals surface area contributed by atoms with Crippen molar-refractivity contribution in [3.63, 3.8) is 0 Å². The number of nitrogens with zero attached hydrogens (tertiary/aromatic N) is 2. The number of carbonyl (C=O) groups is 1. The van der Waals surface area contributed by atoms with E-state index in [0.29, 0.717) is 42.8 Å². The van der Waals surface area contributed by atoms with Crippen LogP contribution in [0.3, 0.4) is 0 Å². The molecular formula is C21H22BrN3O4. The predicted molar refractivity (Wildman–Crippen MR) is 112 cm³/mol. The molecule has 0 saturated carbocycles. The molecule has 1 N–H and O–H groups in total. The highest BCUT2D eigenvalue weighted by Crippen LogP contribution is 2.51. The van der Waals surface area contributed by atoms with Gasteiger partial charge in [0, 0.05) is 21.7 Å². The Morgan fingerprint density at radius 3 is 2.83 bits per heavy atom. The number of carbonyl (C=O) groups excluding carboxylic acids is 1. The summed E-state index contributed by atoms with van der Waals surface area (Å²) in [4.78, 5) is 20.3. The summed E-state index contributed by atoms with van der Waals surface area (Å²) >= 11 is 3.53. The van der Waals surface area contributed by atoms with E-state index >= 15 is 0 Å². The lowest BCUT2D eigenvalue weighted by atomic mass is 9.81. The summed E-state index contributed by atoms with van der Waals surface area (Å²) < 4.78 is 18.8. The van der Waals surface area contributed by atoms with E-state index in [9.17, 15) is 4.79 Å². The van der Waals surface area contributed by atoms with Crippen molar-refractivity contribution in [3.05, 3.63) is 46.1 Å². The van der Waals surface area contributed by atoms with E-state index in [4.69, 9.17) is 19.2 Å². The van der Waals surface area contributed by atoms with E-state index in [1.54, 1.807) is 6.20 Å². The van der Waals surface area contributed by atoms with Gasteiger partial charge < -0.3 is 19.5 Å². The molecule has 1 spiro atoms. The van der Waals surface area contributed by atoms with Crippen LogP contribution in [0.4, 0.5) is 0 Å². The molecule has 2 aromatic rings. The van der Waals surface area contributed by atoms with E-state index in [2.05, 4.69) is 47.0 Å². The van der Waals surface area contributed by atoms with Crippen molar-refractivity contribution in [3.8, 4) is 17.4 Å². The van der Waals surface area contributed by atoms with E-state index in [1.165, 1.54) is 0 Å². The summed E-state index contributed by atoms with van der Waals surface area (Å²) in [6, 6.07) is 7.60. The van der Waals surface area contributed by atoms with Crippen molar-refractivity contribution >= 4 is 28.2 Å². The first-order chi connectivity index (χ1) is 13.8. The first kappa shape index (κ1) is 19.8. The lowest BCUT2D eigenvalue weighted by Gasteiger charge is -2.39. The van der Waals surface area contributed by atoms with Crippen LogP contribution in [0.25, 0.3) is 0 Å². The molecule has 152 valence electrons. The highest BCUT2D eigenvalue weighted by Gasteiger charge is 2.45. The fourth-order valence-electron chi connectivity index (χ4n) is 3.38. The Morgan fingerprint density at radius 2 is 2.07 bits per heavy atom. The van der Waals surface area contributed by atoms with Gasteiger partial charge in [0.05, 0.1) is 19.4 Å². The highest BCUT2D eigenvalue weighted by molar-refractivity contribution is 9.10. The topological polar surface area (TPSA) is 82.0 Å². The molecule has 8 heteroatoms. The van der Waals surface area contributed by atoms with E-state index in [0.717, 1.165) is 15.6 Å². The molecule has 2 aliphatic heterocycles. The Kier molecular flexibility index (Phi) is 5.08. The average molecular weight is 460 g/mol. The Morgan fingerprint density at radius 1 is 1.28 bits per heavy atom. The first-order valence-electron chi connectivity index (χ1n) is 9.29. The summed E-state index contributed by atoms with van der Waals surface area (Å²) in [5.41, 5.74) is 0.749. The molecule has 0 bridgehead atoms. The smallest absolute Gasteiger partial charge is 0.213 e. The maximum atomic E-state index is 11.0. The van der Waals surface area contributed by atoms with E-state index < -0.39 is 5.54 Å². The van der Waals surface area contributed by atoms with E-state index in [-0.39, 0.29) is 12.0 Å². The van der Waals surface area contributed by atoms with Crippen LogP contribution in [0, 0.1) is 5.41 Å². The monoisotopic (exact) mass is 459 g/mol. The van der Waals surface area contributed by atoms with Crippen molar-refractivity contribution in [1.29, 1.82) is 0 Å². The molecule has 4 rings (SSSR count). The third-order valence-corrected chi connectivity index (χ3v) is 5.14. The third-order valence-electron chi connectivity index (χ3n) is 4.65. The van der Waals surface area contributed by atoms with Gasteiger partial charge in [-0.3, -0.25) is 9.79 Å². The maximum Gasteiger partial charge on any atom is 0.213 e. The second kappa shape index (κ2) is 7.42. The van der Waals surface area contributed by atoms with Crippen molar-refractivity contribution in [1.82, 2.24) is 10.3 Å². The predicted octanol–water partition coefficient (Wildman–Crippen LogP) is 3.79. The average Bonchev–Trinajstić information content (AvgIpc) is 2.68. The highest BCUT2D eigenvalue weighted by atomic mass is 79.9. The van der Waals surface area contributed by atoms with Crippen molar-refractivity contribution in [2.24, 2.45) is 10.4 Å². The molecule has 2 aliphatic rings. The summed E-state index contributed by atoms with van der Waals surface area (Å²) in [5, 5.41) is 2.64. The third kappa shape index (κ3) is 3.86. The quantitative estimate of drug-likeness (QED) is 0.705. The van der Waals surface area contributed by atoms with Crippen LogP contribution in [0.2, 0.25) is 0 Å². The first-order valence-corrected chi connectivity index (χ1v) is 10.1. The van der Waals surface area contributed by atoms with Gasteiger partial charge in [-0.15, -0.1) is 0 Å². The molecule has 1 aromatic carbocycles. The standard InChI is InChI=1S/C21H22BrN3O4/c1-20(2,3)10-28-19-7-15-17(8-23-19)29-16-5-4-13(22)6-14(16)21(15)11-27-9-18(25-21)24-12-26/h4-8,12H,9-11H2,1-3H3,(H,24,25,26)/t21-/m0/s1. The molecule has 3 heterocycles. The van der Waals surface area contributed by atoms with Gasteiger partial charge in [-0.25, -0.2) is 4.98 Å². The van der Waals surface area contributed by atoms with Crippen LogP contribution in [-0.4, -0.2) is 37.1 Å². The van der Waals surface area contributed by atoms with Crippen molar-refractivity contribution in [2.45, 2.75) is 26.3 Å². The van der Waals surface area contributed by atoms with Gasteiger partial charge in [-0.2, -0.15) is 0 Å². The van der Waals surface area contributed by atoms with Gasteiger partial charge in [0.1, 0.15) is 23.7 Å². The number of fused-ring (bicyclic) bond motifs is 4. The van der Waals surface area contributed by atoms with Gasteiger partial charge >= 0.3 is 0 Å². The summed E-state index contributed by atoms with van der Waals surface area (Å²) in [6.45, 7) is 7.35. The molecule has 0 unspecified atom stereocenters. The number of nitrogens with one attached hydrogen (secondary N) is 1. The molecule has 1 atom stereocenters. The minimum absolute atomic E-state index is 0.00358. The Bertz CT molecular complexity index is 986. The van der Waals surface area contributed by atoms with Crippen LogP contribution < -0.4 is 14.8 Å². The number of hydrogen-bond donors (Lipinski definition) is 1. The number of rotatable bonds is 3. The molecule has 7 nitrogen and oxygen atoms in total. The molecule has 0 saturated heterocycles. The minimum Gasteiger partial charge on any atom is -0.477 e. The molecule has 0 fully saturated rings. The van der Waals surface area contributed by atoms with Gasteiger partial charge in [0.15, 0.2) is 5.75 Å². The minimum atomic E-state index is -0.876. The zero-order chi connectivity index (χ0) is 20.6. The lowest BCUT2D eigenvalue weighted by molar-refractivity contribution is -0.108. The number of pyridine rings is 1. The lowest BCUT2D eigenvalue weighted by Crippen LogP contribution is -2.43. The largest absolute Gasteiger partial charge is 0.477 e. The number of ether oxygens (including phenoxy) is 3. The zero-order valence-electron chi connectivity index (χ0n) is 16.5. The van der Waals surface area contributed by atoms with Crippen LogP contribution in [0.5, 0.6) is 17.4 Å². The van der Waals surface area contributed by atoms with E-state index in [1.807, 2.05) is 24.3 Å². The molecule has 29 heavy (non-hydrogen) atoms. The fourth-order valence-corrected chi connectivity index (χ4v) is 3.74. The number of hydrogen-bond acceptors (Lipinski definition) is 6. The SMILES string of the molecule is CC(C)(C)COc1cc2c(cn1)Oc1ccc(Br)cc1[C@@]21COCC(NC=O)=N1. The van der Waals surface area contributed by atoms with Crippen LogP contribution in [0.15, 0.2) is 39.9 Å². The summed E-state index contributed by atoms with van der Waals surface area (Å²) in [6.07, 6.45) is 2.25. The number of halogens is 1. The molecule has 0 radical (unpaired) electrons. The number of benzene rings is 1. The summed E-state index contributed by atoms with van der Waals surface area (Å²) in [5.74, 6) is 2.21. The summed E-state index contributed by atoms with van der Waals surface area (Å²) in [7, 11) is 0. The normalized spacial score (nSPS) is 20.2. The molecule has 1 aromatic heterocycles. The molecule has 0 aliphatic carbocycles. The fraction of sp³-hybridized carbons (Fsp3) is 0.381.